The summed E-state index contributed by atoms with van der Waals surface area (Å²) >= 11 is 1.69. The number of rotatable bonds is 6. The van der Waals surface area contributed by atoms with Crippen molar-refractivity contribution in [2.24, 2.45) is 5.73 Å². The lowest BCUT2D eigenvalue weighted by atomic mass is 10.1. The van der Waals surface area contributed by atoms with E-state index in [0.29, 0.717) is 18.4 Å². The molecule has 3 N–H and O–H groups in total. The Hall–Kier alpha value is -2.03. The molecule has 1 aliphatic rings. The van der Waals surface area contributed by atoms with Gasteiger partial charge in [0.25, 0.3) is 0 Å². The summed E-state index contributed by atoms with van der Waals surface area (Å²) in [6.07, 6.45) is 5.15. The first-order valence-electron chi connectivity index (χ1n) is 7.80. The standard InChI is InChI=1S/C16H20FN5OS/c17-7-12(8-18)9-22-16(23)21(11-20-22)10-14-1-2-15(24-14)13-3-5-19-6-4-13/h1-3,7,11,19H,4-6,8-10,18H2/b12-7+. The summed E-state index contributed by atoms with van der Waals surface area (Å²) in [5.74, 6) is 0. The van der Waals surface area contributed by atoms with Gasteiger partial charge < -0.3 is 11.1 Å². The van der Waals surface area contributed by atoms with Crippen LogP contribution in [0.3, 0.4) is 0 Å². The fourth-order valence-corrected chi connectivity index (χ4v) is 3.65. The van der Waals surface area contributed by atoms with Crippen LogP contribution in [-0.4, -0.2) is 34.0 Å². The fourth-order valence-electron chi connectivity index (χ4n) is 2.57. The summed E-state index contributed by atoms with van der Waals surface area (Å²) in [4.78, 5) is 14.6. The minimum absolute atomic E-state index is 0.0635. The van der Waals surface area contributed by atoms with Crippen LogP contribution in [0, 0.1) is 0 Å². The minimum atomic E-state index is -0.265. The molecule has 3 heterocycles. The fraction of sp³-hybridized carbons (Fsp3) is 0.375. The van der Waals surface area contributed by atoms with E-state index in [0.717, 1.165) is 24.4 Å². The van der Waals surface area contributed by atoms with Gasteiger partial charge in [0.15, 0.2) is 0 Å². The van der Waals surface area contributed by atoms with Gasteiger partial charge in [-0.1, -0.05) is 6.08 Å². The van der Waals surface area contributed by atoms with E-state index in [2.05, 4.69) is 22.6 Å². The highest BCUT2D eigenvalue weighted by Gasteiger charge is 2.11. The van der Waals surface area contributed by atoms with Gasteiger partial charge in [-0.3, -0.25) is 4.57 Å². The number of hydrogen-bond acceptors (Lipinski definition) is 5. The van der Waals surface area contributed by atoms with Gasteiger partial charge in [-0.15, -0.1) is 11.3 Å². The molecule has 0 atom stereocenters. The Morgan fingerprint density at radius 1 is 1.50 bits per heavy atom. The van der Waals surface area contributed by atoms with Gasteiger partial charge in [0.1, 0.15) is 6.33 Å². The molecule has 0 saturated heterocycles. The molecule has 1 aliphatic heterocycles. The van der Waals surface area contributed by atoms with Crippen LogP contribution in [0.2, 0.25) is 0 Å². The van der Waals surface area contributed by atoms with Gasteiger partial charge in [0.05, 0.1) is 19.4 Å². The number of thiophene rings is 1. The van der Waals surface area contributed by atoms with Crippen molar-refractivity contribution < 1.29 is 4.39 Å². The van der Waals surface area contributed by atoms with E-state index in [1.165, 1.54) is 26.0 Å². The number of aromatic nitrogens is 3. The average Bonchev–Trinajstić information content (AvgIpc) is 3.22. The highest BCUT2D eigenvalue weighted by atomic mass is 32.1. The lowest BCUT2D eigenvalue weighted by Crippen LogP contribution is -2.26. The van der Waals surface area contributed by atoms with Crippen LogP contribution in [0.25, 0.3) is 5.57 Å². The molecule has 0 unspecified atom stereocenters. The maximum Gasteiger partial charge on any atom is 0.346 e. The molecular weight excluding hydrogens is 329 g/mol. The quantitative estimate of drug-likeness (QED) is 0.825. The third-order valence-corrected chi connectivity index (χ3v) is 5.08. The Kier molecular flexibility index (Phi) is 5.39. The molecule has 0 amide bonds. The molecule has 0 fully saturated rings. The lowest BCUT2D eigenvalue weighted by Gasteiger charge is -2.12. The highest BCUT2D eigenvalue weighted by molar-refractivity contribution is 7.13. The number of hydrogen-bond donors (Lipinski definition) is 2. The number of halogens is 1. The topological polar surface area (TPSA) is 77.9 Å². The van der Waals surface area contributed by atoms with Gasteiger partial charge in [0, 0.05) is 22.8 Å². The van der Waals surface area contributed by atoms with Crippen molar-refractivity contribution in [1.82, 2.24) is 19.7 Å². The lowest BCUT2D eigenvalue weighted by molar-refractivity contribution is 0.604. The first-order valence-corrected chi connectivity index (χ1v) is 8.62. The van der Waals surface area contributed by atoms with Crippen molar-refractivity contribution in [2.45, 2.75) is 19.5 Å². The Balaban J connectivity index is 1.73. The van der Waals surface area contributed by atoms with E-state index < -0.39 is 0 Å². The number of nitrogens with zero attached hydrogens (tertiary/aromatic N) is 3. The second-order valence-corrected chi connectivity index (χ2v) is 6.79. The van der Waals surface area contributed by atoms with E-state index in [1.807, 2.05) is 6.07 Å². The van der Waals surface area contributed by atoms with Crippen molar-refractivity contribution >= 4 is 16.9 Å². The normalized spacial score (nSPS) is 15.6. The maximum atomic E-state index is 12.6. The van der Waals surface area contributed by atoms with E-state index in [1.54, 1.807) is 11.3 Å². The summed E-state index contributed by atoms with van der Waals surface area (Å²) in [5, 5.41) is 7.33. The van der Waals surface area contributed by atoms with E-state index >= 15 is 0 Å². The van der Waals surface area contributed by atoms with Crippen LogP contribution >= 0.6 is 11.3 Å². The summed E-state index contributed by atoms with van der Waals surface area (Å²) in [6.45, 7) is 2.51. The average molecular weight is 349 g/mol. The van der Waals surface area contributed by atoms with Crippen LogP contribution in [0.1, 0.15) is 16.2 Å². The summed E-state index contributed by atoms with van der Waals surface area (Å²) < 4.78 is 15.4. The van der Waals surface area contributed by atoms with Gasteiger partial charge in [-0.25, -0.2) is 13.9 Å². The van der Waals surface area contributed by atoms with Crippen molar-refractivity contribution in [2.75, 3.05) is 19.6 Å². The van der Waals surface area contributed by atoms with Gasteiger partial charge in [-0.05, 0) is 36.2 Å². The van der Waals surface area contributed by atoms with Gasteiger partial charge in [0.2, 0.25) is 0 Å². The zero-order chi connectivity index (χ0) is 16.9. The van der Waals surface area contributed by atoms with Crippen molar-refractivity contribution in [1.29, 1.82) is 0 Å². The van der Waals surface area contributed by atoms with Crippen LogP contribution in [0.5, 0.6) is 0 Å². The maximum absolute atomic E-state index is 12.6. The summed E-state index contributed by atoms with van der Waals surface area (Å²) in [6, 6.07) is 4.14. The largest absolute Gasteiger partial charge is 0.346 e. The zero-order valence-electron chi connectivity index (χ0n) is 13.2. The molecule has 0 radical (unpaired) electrons. The molecule has 0 aromatic carbocycles. The van der Waals surface area contributed by atoms with Crippen LogP contribution in [0.4, 0.5) is 4.39 Å². The van der Waals surface area contributed by atoms with E-state index in [-0.39, 0.29) is 18.8 Å². The molecule has 0 aliphatic carbocycles. The monoisotopic (exact) mass is 349 g/mol. The summed E-state index contributed by atoms with van der Waals surface area (Å²) in [5.41, 5.74) is 6.84. The Labute approximate surface area is 143 Å². The predicted molar refractivity (Wildman–Crippen MR) is 93.6 cm³/mol. The molecule has 6 nitrogen and oxygen atoms in total. The molecule has 0 bridgehead atoms. The van der Waals surface area contributed by atoms with E-state index in [9.17, 15) is 9.18 Å². The highest BCUT2D eigenvalue weighted by Crippen LogP contribution is 2.27. The Morgan fingerprint density at radius 3 is 3.08 bits per heavy atom. The minimum Gasteiger partial charge on any atom is -0.327 e. The first-order chi connectivity index (χ1) is 11.7. The van der Waals surface area contributed by atoms with Gasteiger partial charge >= 0.3 is 5.69 Å². The van der Waals surface area contributed by atoms with E-state index in [4.69, 9.17) is 5.73 Å². The van der Waals surface area contributed by atoms with Crippen molar-refractivity contribution in [3.05, 3.63) is 56.7 Å². The van der Waals surface area contributed by atoms with Crippen LogP contribution in [0.15, 0.2) is 41.2 Å². The molecule has 8 heteroatoms. The number of nitrogens with two attached hydrogens (primary N) is 1. The SMILES string of the molecule is NC/C(=C\F)Cn1ncn(Cc2ccc(C3=CCNCC3)s2)c1=O. The Morgan fingerprint density at radius 2 is 2.38 bits per heavy atom. The molecule has 0 saturated carbocycles. The third kappa shape index (κ3) is 3.72. The molecule has 3 rings (SSSR count). The molecule has 2 aromatic rings. The Bertz CT molecular complexity index is 817. The van der Waals surface area contributed by atoms with Crippen LogP contribution < -0.4 is 16.7 Å². The molecular formula is C16H20FN5OS. The summed E-state index contributed by atoms with van der Waals surface area (Å²) in [7, 11) is 0. The predicted octanol–water partition coefficient (Wildman–Crippen LogP) is 1.34. The number of nitrogens with one attached hydrogen (secondary N) is 1. The molecule has 128 valence electrons. The second-order valence-electron chi connectivity index (χ2n) is 5.62. The second kappa shape index (κ2) is 7.69. The van der Waals surface area contributed by atoms with Crippen molar-refractivity contribution in [3.8, 4) is 0 Å². The van der Waals surface area contributed by atoms with Crippen molar-refractivity contribution in [3.63, 3.8) is 0 Å². The third-order valence-electron chi connectivity index (χ3n) is 3.93. The molecule has 0 spiro atoms. The molecule has 2 aromatic heterocycles. The first kappa shape index (κ1) is 16.8. The van der Waals surface area contributed by atoms with Crippen LogP contribution in [-0.2, 0) is 13.1 Å². The zero-order valence-corrected chi connectivity index (χ0v) is 14.1. The smallest absolute Gasteiger partial charge is 0.327 e. The molecule has 24 heavy (non-hydrogen) atoms. The van der Waals surface area contributed by atoms with Gasteiger partial charge in [-0.2, -0.15) is 5.10 Å².